The quantitative estimate of drug-likeness (QED) is 0.454. The van der Waals surface area contributed by atoms with E-state index in [9.17, 15) is 19.3 Å². The number of amides is 1. The number of aliphatic hydroxyl groups excluding tert-OH is 1. The Balaban J connectivity index is 2.53. The smallest absolute Gasteiger partial charge is 0.272 e. The minimum atomic E-state index is -0.916. The molecule has 0 aliphatic carbocycles. The normalized spacial score (nSPS) is 11.9. The zero-order valence-corrected chi connectivity index (χ0v) is 11.1. The molecular formula is C13H17FN2O4. The van der Waals surface area contributed by atoms with Crippen LogP contribution in [-0.4, -0.2) is 29.1 Å². The van der Waals surface area contributed by atoms with Crippen LogP contribution in [0.2, 0.25) is 0 Å². The molecule has 0 bridgehead atoms. The number of nitrogens with zero attached hydrogens (tertiary/aromatic N) is 1. The number of aliphatic hydroxyl groups is 1. The summed E-state index contributed by atoms with van der Waals surface area (Å²) in [5.74, 6) is -1.36. The number of benzene rings is 1. The Morgan fingerprint density at radius 3 is 2.80 bits per heavy atom. The second-order valence-electron chi connectivity index (χ2n) is 4.61. The molecule has 1 amide bonds. The lowest BCUT2D eigenvalue weighted by Crippen LogP contribution is -2.25. The van der Waals surface area contributed by atoms with Gasteiger partial charge in [-0.3, -0.25) is 14.9 Å². The highest BCUT2D eigenvalue weighted by Crippen LogP contribution is 2.16. The summed E-state index contributed by atoms with van der Waals surface area (Å²) >= 11 is 0. The molecule has 110 valence electrons. The van der Waals surface area contributed by atoms with E-state index in [-0.39, 0.29) is 18.1 Å². The van der Waals surface area contributed by atoms with Crippen molar-refractivity contribution in [3.8, 4) is 0 Å². The van der Waals surface area contributed by atoms with E-state index in [0.717, 1.165) is 24.6 Å². The molecule has 20 heavy (non-hydrogen) atoms. The highest BCUT2D eigenvalue weighted by Gasteiger charge is 2.15. The fourth-order valence-electron chi connectivity index (χ4n) is 1.64. The first kappa shape index (κ1) is 16.0. The van der Waals surface area contributed by atoms with Crippen molar-refractivity contribution in [2.75, 3.05) is 13.2 Å². The molecule has 0 saturated carbocycles. The second-order valence-corrected chi connectivity index (χ2v) is 4.61. The van der Waals surface area contributed by atoms with Crippen molar-refractivity contribution in [3.63, 3.8) is 0 Å². The van der Waals surface area contributed by atoms with Crippen molar-refractivity contribution in [2.24, 2.45) is 5.92 Å². The van der Waals surface area contributed by atoms with E-state index < -0.39 is 22.3 Å². The molecule has 1 aromatic rings. The number of nitrogens with one attached hydrogen (secondary N) is 1. The summed E-state index contributed by atoms with van der Waals surface area (Å²) in [4.78, 5) is 21.4. The standard InChI is InChI=1S/C13H17FN2O4/c1-9(8-17)3-2-6-15-13(18)11-5-4-10(16(19)20)7-12(11)14/h4-5,7,9,17H,2-3,6,8H2,1H3,(H,15,18). The largest absolute Gasteiger partial charge is 0.396 e. The summed E-state index contributed by atoms with van der Waals surface area (Å²) in [6, 6.07) is 2.91. The van der Waals surface area contributed by atoms with Crippen molar-refractivity contribution < 1.29 is 19.2 Å². The Labute approximate surface area is 115 Å². The predicted molar refractivity (Wildman–Crippen MR) is 70.9 cm³/mol. The molecule has 1 unspecified atom stereocenters. The van der Waals surface area contributed by atoms with E-state index >= 15 is 0 Å². The Morgan fingerprint density at radius 1 is 1.55 bits per heavy atom. The van der Waals surface area contributed by atoms with Gasteiger partial charge in [-0.1, -0.05) is 6.92 Å². The van der Waals surface area contributed by atoms with E-state index in [2.05, 4.69) is 5.32 Å². The first-order valence-electron chi connectivity index (χ1n) is 6.28. The Morgan fingerprint density at radius 2 is 2.25 bits per heavy atom. The molecule has 2 N–H and O–H groups in total. The SMILES string of the molecule is CC(CO)CCCNC(=O)c1ccc([N+](=O)[O-])cc1F. The maximum Gasteiger partial charge on any atom is 0.272 e. The lowest BCUT2D eigenvalue weighted by Gasteiger charge is -2.08. The van der Waals surface area contributed by atoms with Crippen LogP contribution in [0.25, 0.3) is 0 Å². The first-order chi connectivity index (χ1) is 9.45. The molecule has 7 heteroatoms. The maximum atomic E-state index is 13.6. The van der Waals surface area contributed by atoms with Crippen LogP contribution >= 0.6 is 0 Å². The summed E-state index contributed by atoms with van der Waals surface area (Å²) in [6.07, 6.45) is 1.42. The third-order valence-electron chi connectivity index (χ3n) is 2.88. The van der Waals surface area contributed by atoms with E-state index in [1.165, 1.54) is 0 Å². The van der Waals surface area contributed by atoms with Gasteiger partial charge in [0.05, 0.1) is 16.6 Å². The van der Waals surface area contributed by atoms with Gasteiger partial charge in [0.25, 0.3) is 11.6 Å². The maximum absolute atomic E-state index is 13.6. The van der Waals surface area contributed by atoms with Crippen LogP contribution in [0.1, 0.15) is 30.1 Å². The molecular weight excluding hydrogens is 267 g/mol. The molecule has 0 heterocycles. The zero-order valence-electron chi connectivity index (χ0n) is 11.1. The fourth-order valence-corrected chi connectivity index (χ4v) is 1.64. The third-order valence-corrected chi connectivity index (χ3v) is 2.88. The molecule has 0 radical (unpaired) electrons. The van der Waals surface area contributed by atoms with Gasteiger partial charge < -0.3 is 10.4 Å². The van der Waals surface area contributed by atoms with Crippen molar-refractivity contribution in [1.82, 2.24) is 5.32 Å². The number of rotatable bonds is 7. The van der Waals surface area contributed by atoms with Crippen LogP contribution in [0.3, 0.4) is 0 Å². The van der Waals surface area contributed by atoms with Gasteiger partial charge >= 0.3 is 0 Å². The van der Waals surface area contributed by atoms with Gasteiger partial charge in [-0.25, -0.2) is 4.39 Å². The first-order valence-corrected chi connectivity index (χ1v) is 6.28. The Kier molecular flexibility index (Phi) is 6.05. The minimum absolute atomic E-state index is 0.0882. The van der Waals surface area contributed by atoms with Crippen LogP contribution in [-0.2, 0) is 0 Å². The molecule has 1 aromatic carbocycles. The van der Waals surface area contributed by atoms with E-state index in [0.29, 0.717) is 13.0 Å². The summed E-state index contributed by atoms with van der Waals surface area (Å²) < 4.78 is 13.6. The molecule has 0 aliphatic heterocycles. The lowest BCUT2D eigenvalue weighted by atomic mass is 10.1. The summed E-state index contributed by atoms with van der Waals surface area (Å²) in [5.41, 5.74) is -0.610. The molecule has 0 aromatic heterocycles. The number of nitro benzene ring substituents is 1. The molecule has 0 aliphatic rings. The van der Waals surface area contributed by atoms with Crippen molar-refractivity contribution in [2.45, 2.75) is 19.8 Å². The highest BCUT2D eigenvalue weighted by atomic mass is 19.1. The number of hydrogen-bond donors (Lipinski definition) is 2. The van der Waals surface area contributed by atoms with Gasteiger partial charge in [-0.05, 0) is 24.8 Å². The van der Waals surface area contributed by atoms with Crippen LogP contribution in [0, 0.1) is 21.8 Å². The van der Waals surface area contributed by atoms with Gasteiger partial charge in [0.15, 0.2) is 0 Å². The average Bonchev–Trinajstić information content (AvgIpc) is 2.42. The minimum Gasteiger partial charge on any atom is -0.396 e. The number of nitro groups is 1. The van der Waals surface area contributed by atoms with Crippen LogP contribution < -0.4 is 5.32 Å². The van der Waals surface area contributed by atoms with Crippen molar-refractivity contribution >= 4 is 11.6 Å². The number of halogens is 1. The number of carbonyl (C=O) groups is 1. The summed E-state index contributed by atoms with van der Waals surface area (Å²) in [6.45, 7) is 2.34. The van der Waals surface area contributed by atoms with Crippen LogP contribution in [0.15, 0.2) is 18.2 Å². The van der Waals surface area contributed by atoms with Crippen LogP contribution in [0.4, 0.5) is 10.1 Å². The van der Waals surface area contributed by atoms with Crippen LogP contribution in [0.5, 0.6) is 0 Å². The number of non-ortho nitro benzene ring substituents is 1. The fraction of sp³-hybridized carbons (Fsp3) is 0.462. The average molecular weight is 284 g/mol. The Bertz CT molecular complexity index is 493. The van der Waals surface area contributed by atoms with Crippen molar-refractivity contribution in [3.05, 3.63) is 39.7 Å². The number of hydrogen-bond acceptors (Lipinski definition) is 4. The zero-order chi connectivity index (χ0) is 15.1. The Hall–Kier alpha value is -2.02. The second kappa shape index (κ2) is 7.54. The predicted octanol–water partition coefficient (Wildman–Crippen LogP) is 1.87. The topological polar surface area (TPSA) is 92.5 Å². The van der Waals surface area contributed by atoms with Gasteiger partial charge in [0.2, 0.25) is 0 Å². The summed E-state index contributed by atoms with van der Waals surface area (Å²) in [7, 11) is 0. The lowest BCUT2D eigenvalue weighted by molar-refractivity contribution is -0.385. The van der Waals surface area contributed by atoms with E-state index in [1.807, 2.05) is 6.92 Å². The summed E-state index contributed by atoms with van der Waals surface area (Å²) in [5, 5.41) is 21.8. The molecule has 0 fully saturated rings. The van der Waals surface area contributed by atoms with Crippen molar-refractivity contribution in [1.29, 1.82) is 0 Å². The highest BCUT2D eigenvalue weighted by molar-refractivity contribution is 5.94. The van der Waals surface area contributed by atoms with Gasteiger partial charge in [0.1, 0.15) is 5.82 Å². The molecule has 1 atom stereocenters. The molecule has 0 spiro atoms. The van der Waals surface area contributed by atoms with Gasteiger partial charge in [-0.15, -0.1) is 0 Å². The monoisotopic (exact) mass is 284 g/mol. The molecule has 1 rings (SSSR count). The molecule has 0 saturated heterocycles. The van der Waals surface area contributed by atoms with Gasteiger partial charge in [0, 0.05) is 19.2 Å². The van der Waals surface area contributed by atoms with Gasteiger partial charge in [-0.2, -0.15) is 0 Å². The molecule has 6 nitrogen and oxygen atoms in total. The third kappa shape index (κ3) is 4.58. The van der Waals surface area contributed by atoms with E-state index in [4.69, 9.17) is 5.11 Å². The number of carbonyl (C=O) groups excluding carboxylic acids is 1. The van der Waals surface area contributed by atoms with E-state index in [1.54, 1.807) is 0 Å².